The Morgan fingerprint density at radius 1 is 0.667 bits per heavy atom. The van der Waals surface area contributed by atoms with Crippen LogP contribution in [0.4, 0.5) is 11.4 Å². The first-order valence-corrected chi connectivity index (χ1v) is 10.7. The molecule has 0 bridgehead atoms. The van der Waals surface area contributed by atoms with Gasteiger partial charge >= 0.3 is 0 Å². The van der Waals surface area contributed by atoms with Crippen molar-refractivity contribution in [1.82, 2.24) is 0 Å². The van der Waals surface area contributed by atoms with E-state index >= 15 is 0 Å². The van der Waals surface area contributed by atoms with Crippen LogP contribution in [-0.4, -0.2) is 6.54 Å². The molecular weight excluding hydrogens is 662 g/mol. The fourth-order valence-corrected chi connectivity index (χ4v) is 7.39. The minimum atomic E-state index is 0.831. The molecule has 0 amide bonds. The van der Waals surface area contributed by atoms with Gasteiger partial charge in [-0.1, -0.05) is 31.9 Å². The molecule has 7 heteroatoms. The number of benzene rings is 2. The van der Waals surface area contributed by atoms with E-state index in [1.807, 2.05) is 24.3 Å². The van der Waals surface area contributed by atoms with Crippen LogP contribution in [0.15, 0.2) is 51.1 Å². The van der Waals surface area contributed by atoms with Gasteiger partial charge in [-0.2, -0.15) is 0 Å². The Labute approximate surface area is 174 Å². The van der Waals surface area contributed by atoms with Crippen LogP contribution in [0.3, 0.4) is 0 Å². The Bertz CT molecular complexity index is 582. The van der Waals surface area contributed by atoms with E-state index in [1.54, 1.807) is 0 Å². The summed E-state index contributed by atoms with van der Waals surface area (Å²) in [6.45, 7) is 2.96. The number of rotatable bonds is 3. The standard InChI is InChI=1S/C14H9Br6N/c1-2-21(13-9(17)3-7(15)4-10(13)18)14-11(19)5-8(16)6-12(14)20/h3-6H,2H2,1H3. The molecule has 0 atom stereocenters. The zero-order chi connectivity index (χ0) is 15.7. The molecule has 0 N–H and O–H groups in total. The van der Waals surface area contributed by atoms with Crippen LogP contribution in [0.2, 0.25) is 0 Å². The number of nitrogens with zero attached hydrogens (tertiary/aromatic N) is 1. The summed E-state index contributed by atoms with van der Waals surface area (Å²) >= 11 is 21.7. The summed E-state index contributed by atoms with van der Waals surface area (Å²) in [4.78, 5) is 2.24. The Balaban J connectivity index is 2.66. The molecule has 2 rings (SSSR count). The molecule has 0 fully saturated rings. The molecule has 2 aromatic carbocycles. The van der Waals surface area contributed by atoms with E-state index in [9.17, 15) is 0 Å². The van der Waals surface area contributed by atoms with Gasteiger partial charge in [0.1, 0.15) is 0 Å². The second-order valence-electron chi connectivity index (χ2n) is 4.18. The quantitative estimate of drug-likeness (QED) is 0.317. The highest BCUT2D eigenvalue weighted by Crippen LogP contribution is 2.45. The van der Waals surface area contributed by atoms with Gasteiger partial charge in [0.2, 0.25) is 0 Å². The van der Waals surface area contributed by atoms with Crippen molar-refractivity contribution in [1.29, 1.82) is 0 Å². The van der Waals surface area contributed by atoms with Crippen molar-refractivity contribution in [3.8, 4) is 0 Å². The molecule has 0 aromatic heterocycles. The molecular formula is C14H9Br6N. The number of halogens is 6. The highest BCUT2D eigenvalue weighted by molar-refractivity contribution is 9.12. The van der Waals surface area contributed by atoms with Crippen LogP contribution < -0.4 is 4.90 Å². The lowest BCUT2D eigenvalue weighted by Gasteiger charge is -2.28. The van der Waals surface area contributed by atoms with Crippen molar-refractivity contribution in [2.24, 2.45) is 0 Å². The molecule has 0 unspecified atom stereocenters. The Morgan fingerprint density at radius 2 is 0.952 bits per heavy atom. The lowest BCUT2D eigenvalue weighted by atomic mass is 10.2. The van der Waals surface area contributed by atoms with E-state index in [2.05, 4.69) is 107 Å². The van der Waals surface area contributed by atoms with E-state index in [0.29, 0.717) is 0 Å². The molecule has 0 saturated carbocycles. The maximum atomic E-state index is 3.66. The molecule has 112 valence electrons. The van der Waals surface area contributed by atoms with Crippen molar-refractivity contribution in [3.05, 3.63) is 51.1 Å². The van der Waals surface area contributed by atoms with E-state index in [0.717, 1.165) is 44.8 Å². The monoisotopic (exact) mass is 665 g/mol. The fraction of sp³-hybridized carbons (Fsp3) is 0.143. The Kier molecular flexibility index (Phi) is 6.85. The van der Waals surface area contributed by atoms with Crippen LogP contribution >= 0.6 is 95.6 Å². The summed E-state index contributed by atoms with van der Waals surface area (Å²) in [6, 6.07) is 8.18. The molecule has 0 heterocycles. The lowest BCUT2D eigenvalue weighted by Crippen LogP contribution is -2.18. The normalized spacial score (nSPS) is 10.8. The molecule has 0 aliphatic rings. The third kappa shape index (κ3) is 4.15. The Hall–Kier alpha value is 1.12. The second-order valence-corrected chi connectivity index (χ2v) is 9.43. The zero-order valence-electron chi connectivity index (χ0n) is 10.7. The van der Waals surface area contributed by atoms with Gasteiger partial charge in [-0.25, -0.2) is 0 Å². The molecule has 0 spiro atoms. The van der Waals surface area contributed by atoms with Gasteiger partial charge in [0.15, 0.2) is 0 Å². The molecule has 0 aliphatic carbocycles. The molecule has 21 heavy (non-hydrogen) atoms. The highest BCUT2D eigenvalue weighted by atomic mass is 79.9. The minimum Gasteiger partial charge on any atom is -0.338 e. The van der Waals surface area contributed by atoms with Gasteiger partial charge in [0, 0.05) is 33.4 Å². The maximum absolute atomic E-state index is 3.66. The first kappa shape index (κ1) is 18.5. The summed E-state index contributed by atoms with van der Waals surface area (Å²) in [5.74, 6) is 0. The molecule has 0 radical (unpaired) electrons. The predicted octanol–water partition coefficient (Wildman–Crippen LogP) is 8.42. The number of anilines is 2. The average Bonchev–Trinajstić information content (AvgIpc) is 2.34. The number of hydrogen-bond donors (Lipinski definition) is 0. The summed E-state index contributed by atoms with van der Waals surface area (Å²) in [5.41, 5.74) is 2.17. The van der Waals surface area contributed by atoms with Gasteiger partial charge in [-0.3, -0.25) is 0 Å². The van der Waals surface area contributed by atoms with Crippen LogP contribution in [-0.2, 0) is 0 Å². The van der Waals surface area contributed by atoms with Crippen LogP contribution in [0.1, 0.15) is 6.92 Å². The van der Waals surface area contributed by atoms with E-state index < -0.39 is 0 Å². The van der Waals surface area contributed by atoms with Crippen LogP contribution in [0, 0.1) is 0 Å². The van der Waals surface area contributed by atoms with Crippen molar-refractivity contribution in [2.75, 3.05) is 11.4 Å². The average molecular weight is 671 g/mol. The smallest absolute Gasteiger partial charge is 0.0700 e. The topological polar surface area (TPSA) is 3.24 Å². The van der Waals surface area contributed by atoms with Crippen molar-refractivity contribution in [2.45, 2.75) is 6.92 Å². The third-order valence-corrected chi connectivity index (χ3v) is 6.15. The van der Waals surface area contributed by atoms with Crippen LogP contribution in [0.5, 0.6) is 0 Å². The molecule has 0 saturated heterocycles. The number of hydrogen-bond acceptors (Lipinski definition) is 1. The lowest BCUT2D eigenvalue weighted by molar-refractivity contribution is 1.01. The first-order valence-electron chi connectivity index (χ1n) is 5.91. The van der Waals surface area contributed by atoms with Crippen LogP contribution in [0.25, 0.3) is 0 Å². The van der Waals surface area contributed by atoms with Crippen molar-refractivity contribution >= 4 is 107 Å². The van der Waals surface area contributed by atoms with E-state index in [4.69, 9.17) is 0 Å². The highest BCUT2D eigenvalue weighted by Gasteiger charge is 2.20. The largest absolute Gasteiger partial charge is 0.338 e. The van der Waals surface area contributed by atoms with Gasteiger partial charge in [0.05, 0.1) is 11.4 Å². The predicted molar refractivity (Wildman–Crippen MR) is 112 cm³/mol. The zero-order valence-corrected chi connectivity index (χ0v) is 20.2. The van der Waals surface area contributed by atoms with Crippen molar-refractivity contribution in [3.63, 3.8) is 0 Å². The first-order chi connectivity index (χ1) is 9.85. The van der Waals surface area contributed by atoms with Crippen molar-refractivity contribution < 1.29 is 0 Å². The Morgan fingerprint density at radius 3 is 1.19 bits per heavy atom. The van der Waals surface area contributed by atoms with E-state index in [-0.39, 0.29) is 0 Å². The summed E-state index contributed by atoms with van der Waals surface area (Å²) < 4.78 is 6.13. The van der Waals surface area contributed by atoms with E-state index in [1.165, 1.54) is 0 Å². The maximum Gasteiger partial charge on any atom is 0.0700 e. The minimum absolute atomic E-state index is 0.831. The van der Waals surface area contributed by atoms with Gasteiger partial charge < -0.3 is 4.90 Å². The summed E-state index contributed by atoms with van der Waals surface area (Å²) in [5, 5.41) is 0. The van der Waals surface area contributed by atoms with Gasteiger partial charge in [-0.15, -0.1) is 0 Å². The molecule has 0 aliphatic heterocycles. The molecule has 2 aromatic rings. The molecule has 1 nitrogen and oxygen atoms in total. The fourth-order valence-electron chi connectivity index (χ4n) is 2.01. The van der Waals surface area contributed by atoms with Gasteiger partial charge in [-0.05, 0) is 94.9 Å². The summed E-state index contributed by atoms with van der Waals surface area (Å²) in [6.07, 6.45) is 0. The SMILES string of the molecule is CCN(c1c(Br)cc(Br)cc1Br)c1c(Br)cc(Br)cc1Br. The summed E-state index contributed by atoms with van der Waals surface area (Å²) in [7, 11) is 0. The second kappa shape index (κ2) is 7.79. The van der Waals surface area contributed by atoms with Gasteiger partial charge in [0.25, 0.3) is 0 Å². The third-order valence-electron chi connectivity index (χ3n) is 2.82.